The molecule has 112 valence electrons. The van der Waals surface area contributed by atoms with Gasteiger partial charge in [-0.2, -0.15) is 0 Å². The summed E-state index contributed by atoms with van der Waals surface area (Å²) >= 11 is 0. The number of rotatable bonds is 4. The molecule has 0 spiro atoms. The van der Waals surface area contributed by atoms with Crippen molar-refractivity contribution in [3.05, 3.63) is 41.2 Å². The van der Waals surface area contributed by atoms with Gasteiger partial charge in [-0.15, -0.1) is 0 Å². The Morgan fingerprint density at radius 2 is 2.19 bits per heavy atom. The van der Waals surface area contributed by atoms with Crippen LogP contribution in [0.3, 0.4) is 0 Å². The molecule has 0 bridgehead atoms. The summed E-state index contributed by atoms with van der Waals surface area (Å²) in [5.41, 5.74) is 1.82. The van der Waals surface area contributed by atoms with Gasteiger partial charge in [0.1, 0.15) is 17.4 Å². The molecule has 0 aromatic carbocycles. The van der Waals surface area contributed by atoms with Crippen molar-refractivity contribution in [3.63, 3.8) is 0 Å². The molecular formula is C14H17FN4O2. The average molecular weight is 292 g/mol. The Kier molecular flexibility index (Phi) is 4.52. The minimum Gasteiger partial charge on any atom is -0.361 e. The van der Waals surface area contributed by atoms with E-state index in [-0.39, 0.29) is 5.92 Å². The Balaban J connectivity index is 1.88. The fraction of sp³-hybridized carbons (Fsp3) is 0.357. The molecule has 2 amide bonds. The Morgan fingerprint density at radius 3 is 2.76 bits per heavy atom. The number of hydrogen-bond acceptors (Lipinski definition) is 4. The summed E-state index contributed by atoms with van der Waals surface area (Å²) in [6.07, 6.45) is 1.04. The number of nitrogens with one attached hydrogen (secondary N) is 2. The fourth-order valence-electron chi connectivity index (χ4n) is 2.15. The van der Waals surface area contributed by atoms with Crippen LogP contribution in [0.15, 0.2) is 22.9 Å². The van der Waals surface area contributed by atoms with E-state index in [1.165, 1.54) is 12.1 Å². The van der Waals surface area contributed by atoms with Crippen LogP contribution in [0.25, 0.3) is 0 Å². The lowest BCUT2D eigenvalue weighted by molar-refractivity contribution is 0.251. The van der Waals surface area contributed by atoms with Gasteiger partial charge in [0, 0.05) is 18.0 Å². The number of carbonyl (C=O) groups excluding carboxylic acids is 1. The zero-order chi connectivity index (χ0) is 15.4. The summed E-state index contributed by atoms with van der Waals surface area (Å²) in [5.74, 6) is 0.664. The summed E-state index contributed by atoms with van der Waals surface area (Å²) < 4.78 is 17.8. The number of hydrogen-bond donors (Lipinski definition) is 2. The number of amides is 2. The SMILES string of the molecule is Cc1noc(C)c1[C@@H](C)CNC(=O)Nc1ccc(F)cn1. The van der Waals surface area contributed by atoms with Gasteiger partial charge < -0.3 is 9.84 Å². The maximum atomic E-state index is 12.7. The van der Waals surface area contributed by atoms with E-state index in [9.17, 15) is 9.18 Å². The minimum absolute atomic E-state index is 0.0724. The highest BCUT2D eigenvalue weighted by Crippen LogP contribution is 2.22. The molecule has 0 aliphatic heterocycles. The van der Waals surface area contributed by atoms with Gasteiger partial charge >= 0.3 is 6.03 Å². The predicted molar refractivity (Wildman–Crippen MR) is 75.6 cm³/mol. The summed E-state index contributed by atoms with van der Waals surface area (Å²) in [5, 5.41) is 9.16. The van der Waals surface area contributed by atoms with Crippen LogP contribution in [0.5, 0.6) is 0 Å². The van der Waals surface area contributed by atoms with Crippen molar-refractivity contribution >= 4 is 11.8 Å². The zero-order valence-electron chi connectivity index (χ0n) is 12.1. The van der Waals surface area contributed by atoms with E-state index in [1.807, 2.05) is 20.8 Å². The van der Waals surface area contributed by atoms with E-state index in [2.05, 4.69) is 20.8 Å². The Morgan fingerprint density at radius 1 is 1.43 bits per heavy atom. The highest BCUT2D eigenvalue weighted by Gasteiger charge is 2.17. The molecule has 1 atom stereocenters. The topological polar surface area (TPSA) is 80.0 Å². The molecule has 2 N–H and O–H groups in total. The normalized spacial score (nSPS) is 12.0. The lowest BCUT2D eigenvalue weighted by Crippen LogP contribution is -2.32. The first-order chi connectivity index (χ1) is 9.97. The number of aromatic nitrogens is 2. The first-order valence-electron chi connectivity index (χ1n) is 6.56. The number of pyridine rings is 1. The van der Waals surface area contributed by atoms with E-state index < -0.39 is 11.8 Å². The van der Waals surface area contributed by atoms with Crippen molar-refractivity contribution < 1.29 is 13.7 Å². The number of aryl methyl sites for hydroxylation is 2. The van der Waals surface area contributed by atoms with Crippen LogP contribution in [0, 0.1) is 19.7 Å². The lowest BCUT2D eigenvalue weighted by Gasteiger charge is -2.13. The van der Waals surface area contributed by atoms with Crippen molar-refractivity contribution in [2.75, 3.05) is 11.9 Å². The zero-order valence-corrected chi connectivity index (χ0v) is 12.1. The number of nitrogens with zero attached hydrogens (tertiary/aromatic N) is 2. The van der Waals surface area contributed by atoms with Crippen LogP contribution in [0.1, 0.15) is 29.9 Å². The van der Waals surface area contributed by atoms with Crippen molar-refractivity contribution in [3.8, 4) is 0 Å². The first kappa shape index (κ1) is 15.0. The second-order valence-corrected chi connectivity index (χ2v) is 4.84. The van der Waals surface area contributed by atoms with Gasteiger partial charge in [0.25, 0.3) is 0 Å². The van der Waals surface area contributed by atoms with Crippen LogP contribution < -0.4 is 10.6 Å². The molecule has 7 heteroatoms. The average Bonchev–Trinajstić information content (AvgIpc) is 2.78. The summed E-state index contributed by atoms with van der Waals surface area (Å²) in [7, 11) is 0. The fourth-order valence-corrected chi connectivity index (χ4v) is 2.15. The summed E-state index contributed by atoms with van der Waals surface area (Å²) in [6.45, 7) is 6.11. The van der Waals surface area contributed by atoms with Gasteiger partial charge in [0.15, 0.2) is 0 Å². The van der Waals surface area contributed by atoms with E-state index >= 15 is 0 Å². The van der Waals surface area contributed by atoms with Crippen molar-refractivity contribution in [2.24, 2.45) is 0 Å². The van der Waals surface area contributed by atoms with Gasteiger partial charge in [-0.3, -0.25) is 5.32 Å². The van der Waals surface area contributed by atoms with Crippen molar-refractivity contribution in [1.29, 1.82) is 0 Å². The molecule has 2 aromatic rings. The molecule has 0 radical (unpaired) electrons. The van der Waals surface area contributed by atoms with Crippen LogP contribution in [0.4, 0.5) is 15.0 Å². The molecule has 0 unspecified atom stereocenters. The Hall–Kier alpha value is -2.44. The van der Waals surface area contributed by atoms with Gasteiger partial charge in [-0.1, -0.05) is 12.1 Å². The summed E-state index contributed by atoms with van der Waals surface area (Å²) in [6, 6.07) is 2.23. The highest BCUT2D eigenvalue weighted by atomic mass is 19.1. The van der Waals surface area contributed by atoms with Crippen molar-refractivity contribution in [1.82, 2.24) is 15.5 Å². The number of anilines is 1. The molecule has 2 heterocycles. The Labute approximate surface area is 121 Å². The van der Waals surface area contributed by atoms with Gasteiger partial charge in [-0.05, 0) is 26.0 Å². The monoisotopic (exact) mass is 292 g/mol. The number of halogens is 1. The first-order valence-corrected chi connectivity index (χ1v) is 6.56. The molecule has 0 saturated heterocycles. The van der Waals surface area contributed by atoms with Crippen LogP contribution in [0.2, 0.25) is 0 Å². The molecule has 0 aliphatic rings. The molecular weight excluding hydrogens is 275 g/mol. The minimum atomic E-state index is -0.451. The second kappa shape index (κ2) is 6.34. The molecule has 0 aliphatic carbocycles. The van der Waals surface area contributed by atoms with Gasteiger partial charge in [0.05, 0.1) is 11.9 Å². The molecule has 21 heavy (non-hydrogen) atoms. The molecule has 0 saturated carbocycles. The standard InChI is InChI=1S/C14H17FN4O2/c1-8(13-9(2)19-21-10(13)3)6-17-14(20)18-12-5-4-11(15)7-16-12/h4-5,7-8H,6H2,1-3H3,(H2,16,17,18,20)/t8-/m0/s1. The quantitative estimate of drug-likeness (QED) is 0.908. The van der Waals surface area contributed by atoms with E-state index in [4.69, 9.17) is 4.52 Å². The molecule has 2 rings (SSSR count). The van der Waals surface area contributed by atoms with E-state index in [1.54, 1.807) is 0 Å². The van der Waals surface area contributed by atoms with Crippen LogP contribution in [-0.4, -0.2) is 22.7 Å². The second-order valence-electron chi connectivity index (χ2n) is 4.84. The molecule has 2 aromatic heterocycles. The van der Waals surface area contributed by atoms with E-state index in [0.717, 1.165) is 23.2 Å². The molecule has 0 fully saturated rings. The van der Waals surface area contributed by atoms with Crippen LogP contribution in [-0.2, 0) is 0 Å². The largest absolute Gasteiger partial charge is 0.361 e. The third-order valence-corrected chi connectivity index (χ3v) is 3.12. The lowest BCUT2D eigenvalue weighted by atomic mass is 10.00. The van der Waals surface area contributed by atoms with Gasteiger partial charge in [0.2, 0.25) is 0 Å². The smallest absolute Gasteiger partial charge is 0.320 e. The Bertz CT molecular complexity index is 605. The maximum Gasteiger partial charge on any atom is 0.320 e. The summed E-state index contributed by atoms with van der Waals surface area (Å²) in [4.78, 5) is 15.5. The molecule has 6 nitrogen and oxygen atoms in total. The third kappa shape index (κ3) is 3.77. The maximum absolute atomic E-state index is 12.7. The predicted octanol–water partition coefficient (Wildman–Crippen LogP) is 2.75. The van der Waals surface area contributed by atoms with Crippen LogP contribution >= 0.6 is 0 Å². The van der Waals surface area contributed by atoms with E-state index in [0.29, 0.717) is 12.4 Å². The van der Waals surface area contributed by atoms with Crippen molar-refractivity contribution in [2.45, 2.75) is 26.7 Å². The number of carbonyl (C=O) groups is 1. The third-order valence-electron chi connectivity index (χ3n) is 3.12. The van der Waals surface area contributed by atoms with Gasteiger partial charge in [-0.25, -0.2) is 14.2 Å². The highest BCUT2D eigenvalue weighted by molar-refractivity contribution is 5.88. The number of urea groups is 1.